The van der Waals surface area contributed by atoms with Crippen molar-refractivity contribution in [3.63, 3.8) is 0 Å². The third-order valence-corrected chi connectivity index (χ3v) is 6.59. The van der Waals surface area contributed by atoms with Gasteiger partial charge in [0.05, 0.1) is 12.1 Å². The van der Waals surface area contributed by atoms with Crippen molar-refractivity contribution in [1.29, 1.82) is 0 Å². The van der Waals surface area contributed by atoms with E-state index in [-0.39, 0.29) is 6.04 Å². The van der Waals surface area contributed by atoms with Gasteiger partial charge in [-0.3, -0.25) is 0 Å². The monoisotopic (exact) mass is 365 g/mol. The lowest BCUT2D eigenvalue weighted by atomic mass is 9.93. The highest BCUT2D eigenvalue weighted by Crippen LogP contribution is 2.41. The first-order valence-electron chi connectivity index (χ1n) is 8.53. The molecule has 1 aliphatic rings. The van der Waals surface area contributed by atoms with E-state index in [4.69, 9.17) is 0 Å². The minimum absolute atomic E-state index is 0.284. The van der Waals surface area contributed by atoms with Crippen molar-refractivity contribution in [2.24, 2.45) is 0 Å². The first-order valence-corrected chi connectivity index (χ1v) is 10.3. The Hall–Kier alpha value is -2.08. The minimum Gasteiger partial charge on any atom is -0.361 e. The smallest absolute Gasteiger partial charge is 0.0830 e. The number of aromatic nitrogens is 1. The van der Waals surface area contributed by atoms with Gasteiger partial charge in [0.15, 0.2) is 0 Å². The van der Waals surface area contributed by atoms with Gasteiger partial charge in [0, 0.05) is 40.7 Å². The van der Waals surface area contributed by atoms with Crippen LogP contribution in [0.25, 0.3) is 10.9 Å². The number of nitrogens with zero attached hydrogens (tertiary/aromatic N) is 1. The Morgan fingerprint density at radius 1 is 1.08 bits per heavy atom. The van der Waals surface area contributed by atoms with Gasteiger partial charge in [-0.25, -0.2) is 0 Å². The molecule has 3 aromatic heterocycles. The fourth-order valence-electron chi connectivity index (χ4n) is 3.82. The molecule has 0 spiro atoms. The van der Waals surface area contributed by atoms with Gasteiger partial charge in [-0.15, -0.1) is 11.3 Å². The number of anilines is 1. The van der Waals surface area contributed by atoms with Crippen LogP contribution in [0.1, 0.15) is 22.5 Å². The van der Waals surface area contributed by atoms with Crippen LogP contribution in [0.2, 0.25) is 0 Å². The molecule has 2 N–H and O–H groups in total. The van der Waals surface area contributed by atoms with Gasteiger partial charge in [-0.1, -0.05) is 12.1 Å². The van der Waals surface area contributed by atoms with Gasteiger partial charge in [-0.2, -0.15) is 11.3 Å². The average molecular weight is 366 g/mol. The summed E-state index contributed by atoms with van der Waals surface area (Å²) in [7, 11) is 0. The second kappa shape index (κ2) is 6.33. The summed E-state index contributed by atoms with van der Waals surface area (Å²) < 4.78 is 0. The fourth-order valence-corrected chi connectivity index (χ4v) is 5.35. The summed E-state index contributed by atoms with van der Waals surface area (Å²) in [5.41, 5.74) is 3.88. The molecule has 5 heteroatoms. The predicted molar refractivity (Wildman–Crippen MR) is 108 cm³/mol. The molecule has 25 heavy (non-hydrogen) atoms. The molecule has 126 valence electrons. The Kier molecular flexibility index (Phi) is 3.85. The highest BCUT2D eigenvalue weighted by atomic mass is 32.1. The number of piperazine rings is 1. The summed E-state index contributed by atoms with van der Waals surface area (Å²) in [6.07, 6.45) is 2.01. The molecule has 0 amide bonds. The number of thiophene rings is 2. The van der Waals surface area contributed by atoms with Crippen LogP contribution in [0.15, 0.2) is 64.8 Å². The van der Waals surface area contributed by atoms with Crippen LogP contribution in [0.4, 0.5) is 5.69 Å². The first-order chi connectivity index (χ1) is 12.4. The van der Waals surface area contributed by atoms with Crippen LogP contribution in [-0.2, 0) is 0 Å². The standard InChI is InChI=1S/C20H19N3S2/c1-2-18(25-10-1)20-19(15-3-4-17-14(12-15)5-7-21-17)22-8-9-23(20)16-6-11-24-13-16/h1-7,10-13,19-22H,8-9H2. The predicted octanol–water partition coefficient (Wildman–Crippen LogP) is 5.18. The molecule has 4 heterocycles. The molecule has 0 aliphatic carbocycles. The van der Waals surface area contributed by atoms with E-state index in [2.05, 4.69) is 73.8 Å². The Labute approximate surface area is 154 Å². The molecule has 1 aliphatic heterocycles. The van der Waals surface area contributed by atoms with Crippen molar-refractivity contribution in [2.45, 2.75) is 12.1 Å². The van der Waals surface area contributed by atoms with Crippen molar-refractivity contribution in [3.8, 4) is 0 Å². The molecule has 5 rings (SSSR count). The van der Waals surface area contributed by atoms with E-state index < -0.39 is 0 Å². The molecule has 1 aromatic carbocycles. The van der Waals surface area contributed by atoms with Crippen LogP contribution in [0, 0.1) is 0 Å². The highest BCUT2D eigenvalue weighted by molar-refractivity contribution is 7.10. The second-order valence-corrected chi connectivity index (χ2v) is 8.15. The third-order valence-electron chi connectivity index (χ3n) is 4.98. The molecule has 2 atom stereocenters. The van der Waals surface area contributed by atoms with Crippen LogP contribution >= 0.6 is 22.7 Å². The van der Waals surface area contributed by atoms with E-state index in [1.54, 1.807) is 11.3 Å². The third kappa shape index (κ3) is 2.68. The summed E-state index contributed by atoms with van der Waals surface area (Å²) in [4.78, 5) is 7.27. The number of hydrogen-bond donors (Lipinski definition) is 2. The summed E-state index contributed by atoms with van der Waals surface area (Å²) in [5, 5.41) is 11.7. The summed E-state index contributed by atoms with van der Waals surface area (Å²) in [6, 6.07) is 16.2. The van der Waals surface area contributed by atoms with Gasteiger partial charge in [0.25, 0.3) is 0 Å². The van der Waals surface area contributed by atoms with Crippen molar-refractivity contribution in [2.75, 3.05) is 18.0 Å². The number of rotatable bonds is 3. The second-order valence-electron chi connectivity index (χ2n) is 6.39. The Morgan fingerprint density at radius 3 is 2.92 bits per heavy atom. The zero-order valence-corrected chi connectivity index (χ0v) is 15.3. The van der Waals surface area contributed by atoms with Gasteiger partial charge in [0.2, 0.25) is 0 Å². The largest absolute Gasteiger partial charge is 0.361 e. The molecule has 0 saturated carbocycles. The Balaban J connectivity index is 1.60. The number of H-pyrrole nitrogens is 1. The molecule has 4 aromatic rings. The maximum Gasteiger partial charge on any atom is 0.0830 e. The van der Waals surface area contributed by atoms with Gasteiger partial charge >= 0.3 is 0 Å². The molecule has 0 bridgehead atoms. The number of aromatic amines is 1. The molecule has 2 unspecified atom stereocenters. The van der Waals surface area contributed by atoms with E-state index in [9.17, 15) is 0 Å². The quantitative estimate of drug-likeness (QED) is 0.524. The SMILES string of the molecule is c1csc(C2C(c3ccc4[nH]ccc4c3)NCCN2c2ccsc2)c1. The maximum atomic E-state index is 3.78. The number of benzene rings is 1. The van der Waals surface area contributed by atoms with E-state index >= 15 is 0 Å². The van der Waals surface area contributed by atoms with E-state index in [0.29, 0.717) is 6.04 Å². The minimum atomic E-state index is 0.284. The first kappa shape index (κ1) is 15.2. The van der Waals surface area contributed by atoms with Crippen molar-refractivity contribution in [3.05, 3.63) is 75.2 Å². The van der Waals surface area contributed by atoms with Crippen molar-refractivity contribution in [1.82, 2.24) is 10.3 Å². The van der Waals surface area contributed by atoms with Crippen LogP contribution in [0.3, 0.4) is 0 Å². The zero-order chi connectivity index (χ0) is 16.6. The maximum absolute atomic E-state index is 3.78. The van der Waals surface area contributed by atoms with Crippen LogP contribution in [-0.4, -0.2) is 18.1 Å². The highest BCUT2D eigenvalue weighted by Gasteiger charge is 2.34. The summed E-state index contributed by atoms with van der Waals surface area (Å²) in [6.45, 7) is 2.02. The lowest BCUT2D eigenvalue weighted by Crippen LogP contribution is -2.47. The molecule has 1 saturated heterocycles. The average Bonchev–Trinajstić information content (AvgIpc) is 3.42. The fraction of sp³-hybridized carbons (Fsp3) is 0.200. The number of hydrogen-bond acceptors (Lipinski definition) is 4. The van der Waals surface area contributed by atoms with Gasteiger partial charge in [-0.05, 0) is 52.0 Å². The number of fused-ring (bicyclic) bond motifs is 1. The van der Waals surface area contributed by atoms with E-state index in [1.807, 2.05) is 17.5 Å². The summed E-state index contributed by atoms with van der Waals surface area (Å²) >= 11 is 3.62. The Bertz CT molecular complexity index is 956. The molecular formula is C20H19N3S2. The van der Waals surface area contributed by atoms with Crippen LogP contribution < -0.4 is 10.2 Å². The normalized spacial score (nSPS) is 21.0. The molecule has 1 fully saturated rings. The lowest BCUT2D eigenvalue weighted by Gasteiger charge is -2.43. The number of nitrogens with one attached hydrogen (secondary N) is 2. The topological polar surface area (TPSA) is 31.1 Å². The van der Waals surface area contributed by atoms with Crippen LogP contribution in [0.5, 0.6) is 0 Å². The Morgan fingerprint density at radius 2 is 2.08 bits per heavy atom. The van der Waals surface area contributed by atoms with E-state index in [1.165, 1.54) is 27.0 Å². The summed E-state index contributed by atoms with van der Waals surface area (Å²) in [5.74, 6) is 0. The lowest BCUT2D eigenvalue weighted by molar-refractivity contribution is 0.384. The molecule has 0 radical (unpaired) electrons. The van der Waals surface area contributed by atoms with Crippen molar-refractivity contribution < 1.29 is 0 Å². The zero-order valence-electron chi connectivity index (χ0n) is 13.7. The molecule has 3 nitrogen and oxygen atoms in total. The van der Waals surface area contributed by atoms with Gasteiger partial charge in [0.1, 0.15) is 0 Å². The van der Waals surface area contributed by atoms with Crippen molar-refractivity contribution >= 4 is 39.3 Å². The van der Waals surface area contributed by atoms with E-state index in [0.717, 1.165) is 13.1 Å². The van der Waals surface area contributed by atoms with Gasteiger partial charge < -0.3 is 15.2 Å². The molecular weight excluding hydrogens is 346 g/mol.